The molecule has 21 heavy (non-hydrogen) atoms. The number of carbonyl (C=O) groups is 3. The smallest absolute Gasteiger partial charge is 0.302 e. The van der Waals surface area contributed by atoms with Crippen molar-refractivity contribution in [1.29, 1.82) is 0 Å². The molecule has 5 atom stereocenters. The molecule has 1 saturated carbocycles. The number of esters is 2. The molecule has 6 heteroatoms. The van der Waals surface area contributed by atoms with Gasteiger partial charge in [-0.25, -0.2) is 0 Å². The normalized spacial score (nSPS) is 33.9. The van der Waals surface area contributed by atoms with E-state index < -0.39 is 6.10 Å². The van der Waals surface area contributed by atoms with E-state index >= 15 is 0 Å². The summed E-state index contributed by atoms with van der Waals surface area (Å²) in [6.07, 6.45) is 4.63. The van der Waals surface area contributed by atoms with Gasteiger partial charge in [-0.3, -0.25) is 14.4 Å². The van der Waals surface area contributed by atoms with Crippen molar-refractivity contribution in [2.75, 3.05) is 6.61 Å². The molecule has 2 aliphatic rings. The summed E-state index contributed by atoms with van der Waals surface area (Å²) in [4.78, 5) is 33.0. The predicted molar refractivity (Wildman–Crippen MR) is 72.0 cm³/mol. The Hall–Kier alpha value is -1.85. The maximum atomic E-state index is 11.3. The lowest BCUT2D eigenvalue weighted by molar-refractivity contribution is -0.167. The third kappa shape index (κ3) is 3.62. The highest BCUT2D eigenvalue weighted by atomic mass is 16.6. The molecule has 0 aromatic rings. The molecule has 6 nitrogen and oxygen atoms in total. The fourth-order valence-corrected chi connectivity index (χ4v) is 3.40. The van der Waals surface area contributed by atoms with Gasteiger partial charge in [0, 0.05) is 25.7 Å². The van der Waals surface area contributed by atoms with E-state index in [0.717, 1.165) is 6.42 Å². The number of carbonyl (C=O) groups excluding carboxylic acids is 3. The fourth-order valence-electron chi connectivity index (χ4n) is 3.40. The molecule has 0 heterocycles. The maximum absolute atomic E-state index is 11.3. The fraction of sp³-hybridized carbons (Fsp3) is 0.667. The monoisotopic (exact) mass is 296 g/mol. The molecule has 0 spiro atoms. The van der Waals surface area contributed by atoms with E-state index in [2.05, 4.69) is 0 Å². The lowest BCUT2D eigenvalue weighted by atomic mass is 9.65. The van der Waals surface area contributed by atoms with Gasteiger partial charge in [0.05, 0.1) is 6.61 Å². The predicted octanol–water partition coefficient (Wildman–Crippen LogP) is 1.23. The molecular weight excluding hydrogens is 276 g/mol. The van der Waals surface area contributed by atoms with Gasteiger partial charge in [0.15, 0.2) is 0 Å². The minimum absolute atomic E-state index is 0.0121. The first-order valence-electron chi connectivity index (χ1n) is 7.11. The molecule has 0 saturated heterocycles. The van der Waals surface area contributed by atoms with Gasteiger partial charge in [0.1, 0.15) is 12.2 Å². The minimum atomic E-state index is -0.455. The third-order valence-corrected chi connectivity index (χ3v) is 4.19. The van der Waals surface area contributed by atoms with Crippen LogP contribution < -0.4 is 0 Å². The highest BCUT2D eigenvalue weighted by Crippen LogP contribution is 2.43. The van der Waals surface area contributed by atoms with Gasteiger partial charge in [-0.05, 0) is 24.8 Å². The number of hydrogen-bond acceptors (Lipinski definition) is 6. The number of rotatable bonds is 5. The molecule has 0 unspecified atom stereocenters. The van der Waals surface area contributed by atoms with Crippen molar-refractivity contribution in [3.63, 3.8) is 0 Å². The van der Waals surface area contributed by atoms with Crippen LogP contribution in [0.15, 0.2) is 12.2 Å². The molecule has 2 aliphatic carbocycles. The van der Waals surface area contributed by atoms with Gasteiger partial charge < -0.3 is 14.2 Å². The van der Waals surface area contributed by atoms with E-state index in [1.54, 1.807) is 0 Å². The minimum Gasteiger partial charge on any atom is -0.466 e. The van der Waals surface area contributed by atoms with Crippen molar-refractivity contribution in [2.45, 2.75) is 38.9 Å². The first kappa shape index (κ1) is 15.5. The topological polar surface area (TPSA) is 78.9 Å². The highest BCUT2D eigenvalue weighted by Gasteiger charge is 2.47. The van der Waals surface area contributed by atoms with Crippen LogP contribution in [0, 0.1) is 17.8 Å². The molecule has 1 fully saturated rings. The summed E-state index contributed by atoms with van der Waals surface area (Å²) in [5.41, 5.74) is 0. The summed E-state index contributed by atoms with van der Waals surface area (Å²) in [6.45, 7) is 3.36. The van der Waals surface area contributed by atoms with E-state index in [4.69, 9.17) is 14.2 Å². The quantitative estimate of drug-likeness (QED) is 0.329. The number of allylic oxidation sites excluding steroid dienone is 1. The van der Waals surface area contributed by atoms with E-state index in [1.165, 1.54) is 13.8 Å². The van der Waals surface area contributed by atoms with Crippen LogP contribution >= 0.6 is 0 Å². The van der Waals surface area contributed by atoms with Crippen LogP contribution in [0.5, 0.6) is 0 Å². The van der Waals surface area contributed by atoms with Crippen LogP contribution in [0.4, 0.5) is 0 Å². The van der Waals surface area contributed by atoms with Crippen molar-refractivity contribution in [1.82, 2.24) is 0 Å². The first-order valence-corrected chi connectivity index (χ1v) is 7.11. The van der Waals surface area contributed by atoms with Crippen molar-refractivity contribution < 1.29 is 28.6 Å². The average Bonchev–Trinajstić information content (AvgIpc) is 2.41. The van der Waals surface area contributed by atoms with Crippen LogP contribution in [-0.4, -0.2) is 37.2 Å². The Labute approximate surface area is 123 Å². The Balaban J connectivity index is 2.20. The first-order chi connectivity index (χ1) is 10.0. The van der Waals surface area contributed by atoms with Crippen molar-refractivity contribution >= 4 is 18.4 Å². The molecule has 0 aromatic heterocycles. The van der Waals surface area contributed by atoms with E-state index in [0.29, 0.717) is 12.9 Å². The van der Waals surface area contributed by atoms with E-state index in [1.807, 2.05) is 12.2 Å². The molecule has 0 aliphatic heterocycles. The Morgan fingerprint density at radius 3 is 2.57 bits per heavy atom. The second-order valence-electron chi connectivity index (χ2n) is 5.51. The number of fused-ring (bicyclic) bond motifs is 2. The van der Waals surface area contributed by atoms with Crippen molar-refractivity contribution in [2.24, 2.45) is 17.8 Å². The van der Waals surface area contributed by atoms with Gasteiger partial charge in [-0.1, -0.05) is 6.08 Å². The van der Waals surface area contributed by atoms with Gasteiger partial charge in [-0.2, -0.15) is 0 Å². The van der Waals surface area contributed by atoms with Crippen LogP contribution in [0.25, 0.3) is 0 Å². The van der Waals surface area contributed by atoms with Gasteiger partial charge in [0.25, 0.3) is 6.47 Å². The zero-order valence-electron chi connectivity index (χ0n) is 12.2. The Morgan fingerprint density at radius 1 is 1.19 bits per heavy atom. The molecule has 0 aromatic carbocycles. The zero-order valence-corrected chi connectivity index (χ0v) is 12.2. The molecular formula is C15H20O6. The van der Waals surface area contributed by atoms with Crippen molar-refractivity contribution in [3.05, 3.63) is 12.2 Å². The largest absolute Gasteiger partial charge is 0.466 e. The summed E-state index contributed by atoms with van der Waals surface area (Å²) in [5, 5.41) is 0. The van der Waals surface area contributed by atoms with Crippen LogP contribution in [0.1, 0.15) is 26.7 Å². The Morgan fingerprint density at radius 2 is 1.95 bits per heavy atom. The van der Waals surface area contributed by atoms with Crippen molar-refractivity contribution in [3.8, 4) is 0 Å². The standard InChI is InChI=1S/C15H20O6/c1-9(17)19-7-12-11-3-5-13(20-8-16)15(12)14(6-4-11)21-10(2)18/h3,5,8,11-15H,4,6-7H2,1-2H3/t11-,12-,13+,14-,15+/m1/s1. The third-order valence-electron chi connectivity index (χ3n) is 4.19. The maximum Gasteiger partial charge on any atom is 0.302 e. The lowest BCUT2D eigenvalue weighted by Gasteiger charge is -2.45. The number of ether oxygens (including phenoxy) is 3. The summed E-state index contributed by atoms with van der Waals surface area (Å²) in [7, 11) is 0. The van der Waals surface area contributed by atoms with Crippen LogP contribution in [0.3, 0.4) is 0 Å². The summed E-state index contributed by atoms with van der Waals surface area (Å²) < 4.78 is 15.6. The molecule has 116 valence electrons. The molecule has 0 radical (unpaired) electrons. The van der Waals surface area contributed by atoms with Crippen LogP contribution in [0.2, 0.25) is 0 Å². The lowest BCUT2D eigenvalue weighted by Crippen LogP contribution is -2.50. The SMILES string of the molecule is CC(=O)OC[C@H]1[C@H]2[C@@H](OC=O)C=C[C@@H]1CC[C@H]2OC(C)=O. The molecule has 2 rings (SSSR count). The van der Waals surface area contributed by atoms with Gasteiger partial charge >= 0.3 is 11.9 Å². The average molecular weight is 296 g/mol. The van der Waals surface area contributed by atoms with Gasteiger partial charge in [0.2, 0.25) is 0 Å². The Bertz CT molecular complexity index is 443. The summed E-state index contributed by atoms with van der Waals surface area (Å²) in [5.74, 6) is -0.652. The molecule has 0 N–H and O–H groups in total. The highest BCUT2D eigenvalue weighted by molar-refractivity contribution is 5.66. The van der Waals surface area contributed by atoms with E-state index in [9.17, 15) is 14.4 Å². The van der Waals surface area contributed by atoms with Crippen LogP contribution in [-0.2, 0) is 28.6 Å². The molecule has 0 amide bonds. The van der Waals surface area contributed by atoms with Gasteiger partial charge in [-0.15, -0.1) is 0 Å². The summed E-state index contributed by atoms with van der Waals surface area (Å²) >= 11 is 0. The van der Waals surface area contributed by atoms with E-state index in [-0.39, 0.29) is 42.4 Å². The summed E-state index contributed by atoms with van der Waals surface area (Å²) in [6, 6.07) is 0. The Kier molecular flexibility index (Phi) is 4.98. The zero-order chi connectivity index (χ0) is 15.4. The molecule has 2 bridgehead atoms. The second-order valence-corrected chi connectivity index (χ2v) is 5.51. The second kappa shape index (κ2) is 6.74. The number of hydrogen-bond donors (Lipinski definition) is 0.